The molecule has 0 aliphatic carbocycles. The average Bonchev–Trinajstić information content (AvgIpc) is 2.21. The zero-order chi connectivity index (χ0) is 14.1. The summed E-state index contributed by atoms with van der Waals surface area (Å²) in [5.41, 5.74) is -0.397. The Labute approximate surface area is 102 Å². The number of phenols is 1. The summed E-state index contributed by atoms with van der Waals surface area (Å²) in [6.07, 6.45) is -5.99. The van der Waals surface area contributed by atoms with E-state index in [1.165, 1.54) is 5.32 Å². The Kier molecular flexibility index (Phi) is 3.70. The number of halogens is 6. The number of rotatable bonds is 2. The minimum Gasteiger partial charge on any atom is -0.506 e. The lowest BCUT2D eigenvalue weighted by Gasteiger charge is -2.18. The molecule has 2 N–H and O–H groups in total. The van der Waals surface area contributed by atoms with Gasteiger partial charge in [0.1, 0.15) is 5.75 Å². The van der Waals surface area contributed by atoms with Crippen molar-refractivity contribution in [1.29, 1.82) is 0 Å². The first-order valence-corrected chi connectivity index (χ1v) is 4.68. The smallest absolute Gasteiger partial charge is 0.463 e. The Morgan fingerprint density at radius 2 is 1.78 bits per heavy atom. The summed E-state index contributed by atoms with van der Waals surface area (Å²) in [6.45, 7) is 0. The van der Waals surface area contributed by atoms with Crippen molar-refractivity contribution in [1.82, 2.24) is 0 Å². The molecule has 0 radical (unpaired) electrons. The molecule has 0 atom stereocenters. The quantitative estimate of drug-likeness (QED) is 0.649. The van der Waals surface area contributed by atoms with Crippen LogP contribution < -0.4 is 5.32 Å². The minimum absolute atomic E-state index is 0.303. The maximum absolute atomic E-state index is 12.6. The highest BCUT2D eigenvalue weighted by Gasteiger charge is 2.63. The van der Waals surface area contributed by atoms with E-state index in [-0.39, 0.29) is 5.02 Å². The summed E-state index contributed by atoms with van der Waals surface area (Å²) in [5.74, 6) is -8.45. The van der Waals surface area contributed by atoms with E-state index >= 15 is 0 Å². The molecule has 1 amide bonds. The van der Waals surface area contributed by atoms with Crippen LogP contribution in [0.3, 0.4) is 0 Å². The summed E-state index contributed by atoms with van der Waals surface area (Å²) in [5, 5.41) is 10.0. The number of phenolic OH excluding ortho intramolecular Hbond substituents is 1. The van der Waals surface area contributed by atoms with Crippen LogP contribution in [0.1, 0.15) is 0 Å². The maximum atomic E-state index is 12.6. The second-order valence-electron chi connectivity index (χ2n) is 3.19. The number of hydrogen-bond acceptors (Lipinski definition) is 2. The molecule has 18 heavy (non-hydrogen) atoms. The third kappa shape index (κ3) is 2.81. The molecule has 1 aromatic carbocycles. The predicted octanol–water partition coefficient (Wildman–Crippen LogP) is 3.18. The second kappa shape index (κ2) is 4.60. The molecular weight excluding hydrogens is 285 g/mol. The lowest BCUT2D eigenvalue weighted by atomic mass is 10.2. The van der Waals surface area contributed by atoms with E-state index in [0.29, 0.717) is 0 Å². The molecule has 0 fully saturated rings. The van der Waals surface area contributed by atoms with Gasteiger partial charge in [-0.25, -0.2) is 0 Å². The summed E-state index contributed by atoms with van der Waals surface area (Å²) in [6, 6.07) is 2.69. The van der Waals surface area contributed by atoms with E-state index in [4.69, 9.17) is 16.7 Å². The van der Waals surface area contributed by atoms with Gasteiger partial charge in [-0.2, -0.15) is 22.0 Å². The molecule has 1 aromatic rings. The fourth-order valence-electron chi connectivity index (χ4n) is 0.923. The highest BCUT2D eigenvalue weighted by atomic mass is 35.5. The van der Waals surface area contributed by atoms with E-state index in [2.05, 4.69) is 0 Å². The van der Waals surface area contributed by atoms with Crippen molar-refractivity contribution < 1.29 is 31.9 Å². The molecule has 0 aliphatic heterocycles. The van der Waals surface area contributed by atoms with Crippen LogP contribution in [0.15, 0.2) is 18.2 Å². The number of alkyl halides is 5. The van der Waals surface area contributed by atoms with Gasteiger partial charge in [-0.1, -0.05) is 11.6 Å². The van der Waals surface area contributed by atoms with Gasteiger partial charge in [0.25, 0.3) is 0 Å². The molecule has 100 valence electrons. The third-order valence-electron chi connectivity index (χ3n) is 1.85. The summed E-state index contributed by atoms with van der Waals surface area (Å²) < 4.78 is 60.7. The molecule has 0 unspecified atom stereocenters. The molecule has 0 bridgehead atoms. The zero-order valence-electron chi connectivity index (χ0n) is 8.36. The van der Waals surface area contributed by atoms with Crippen LogP contribution >= 0.6 is 11.6 Å². The van der Waals surface area contributed by atoms with Gasteiger partial charge in [0.15, 0.2) is 0 Å². The number of aromatic hydroxyl groups is 1. The number of benzene rings is 1. The van der Waals surface area contributed by atoms with Crippen molar-refractivity contribution >= 4 is 23.2 Å². The molecule has 0 spiro atoms. The number of hydrogen-bond donors (Lipinski definition) is 2. The summed E-state index contributed by atoms with van der Waals surface area (Å²) in [7, 11) is 0. The number of carbonyl (C=O) groups is 1. The average molecular weight is 290 g/mol. The van der Waals surface area contributed by atoms with Gasteiger partial charge >= 0.3 is 18.0 Å². The van der Waals surface area contributed by atoms with E-state index in [9.17, 15) is 26.7 Å². The van der Waals surface area contributed by atoms with Gasteiger partial charge < -0.3 is 10.4 Å². The Morgan fingerprint density at radius 3 is 2.22 bits per heavy atom. The van der Waals surface area contributed by atoms with Crippen LogP contribution in [-0.4, -0.2) is 23.1 Å². The van der Waals surface area contributed by atoms with Crippen LogP contribution in [0.25, 0.3) is 0 Å². The molecule has 0 saturated carbocycles. The zero-order valence-corrected chi connectivity index (χ0v) is 9.11. The molecule has 0 aliphatic rings. The fraction of sp³-hybridized carbons (Fsp3) is 0.222. The maximum Gasteiger partial charge on any atom is 0.463 e. The number of nitrogens with one attached hydrogen (secondary N) is 1. The van der Waals surface area contributed by atoms with Crippen LogP contribution in [0.2, 0.25) is 5.02 Å². The SMILES string of the molecule is O=C(Nc1ccc(O)c(Cl)c1)C(F)(F)C(F)(F)F. The first-order chi connectivity index (χ1) is 8.05. The summed E-state index contributed by atoms with van der Waals surface area (Å²) in [4.78, 5) is 10.8. The lowest BCUT2D eigenvalue weighted by Crippen LogP contribution is -2.47. The standard InChI is InChI=1S/C9H5ClF5NO2/c10-5-3-4(1-2-6(5)17)16-7(18)8(11,12)9(13,14)15/h1-3,17H,(H,16,18). The highest BCUT2D eigenvalue weighted by molar-refractivity contribution is 6.32. The molecule has 1 rings (SSSR count). The normalized spacial score (nSPS) is 12.3. The first kappa shape index (κ1) is 14.5. The third-order valence-corrected chi connectivity index (χ3v) is 2.15. The van der Waals surface area contributed by atoms with Gasteiger partial charge in [-0.3, -0.25) is 4.79 Å². The molecule has 0 aromatic heterocycles. The first-order valence-electron chi connectivity index (χ1n) is 4.30. The largest absolute Gasteiger partial charge is 0.506 e. The van der Waals surface area contributed by atoms with Crippen molar-refractivity contribution in [2.75, 3.05) is 5.32 Å². The number of anilines is 1. The van der Waals surface area contributed by atoms with E-state index < -0.39 is 29.4 Å². The minimum atomic E-state index is -5.99. The molecule has 3 nitrogen and oxygen atoms in total. The number of carbonyl (C=O) groups excluding carboxylic acids is 1. The topological polar surface area (TPSA) is 49.3 Å². The van der Waals surface area contributed by atoms with Crippen LogP contribution in [0, 0.1) is 0 Å². The van der Waals surface area contributed by atoms with E-state index in [1.54, 1.807) is 0 Å². The van der Waals surface area contributed by atoms with Crippen molar-refractivity contribution in [3.05, 3.63) is 23.2 Å². The van der Waals surface area contributed by atoms with Gasteiger partial charge in [0, 0.05) is 5.69 Å². The molecule has 0 saturated heterocycles. The van der Waals surface area contributed by atoms with Crippen molar-refractivity contribution in [3.63, 3.8) is 0 Å². The molecule has 0 heterocycles. The highest BCUT2D eigenvalue weighted by Crippen LogP contribution is 2.36. The molecular formula is C9H5ClF5NO2. The lowest BCUT2D eigenvalue weighted by molar-refractivity contribution is -0.267. The van der Waals surface area contributed by atoms with Crippen LogP contribution in [0.5, 0.6) is 5.75 Å². The Balaban J connectivity index is 2.91. The van der Waals surface area contributed by atoms with E-state index in [0.717, 1.165) is 18.2 Å². The second-order valence-corrected chi connectivity index (χ2v) is 3.60. The van der Waals surface area contributed by atoms with Gasteiger partial charge in [0.05, 0.1) is 5.02 Å². The number of amides is 1. The Hall–Kier alpha value is -1.57. The van der Waals surface area contributed by atoms with Crippen LogP contribution in [0.4, 0.5) is 27.6 Å². The van der Waals surface area contributed by atoms with Crippen molar-refractivity contribution in [2.45, 2.75) is 12.1 Å². The van der Waals surface area contributed by atoms with Crippen molar-refractivity contribution in [3.8, 4) is 5.75 Å². The van der Waals surface area contributed by atoms with Gasteiger partial charge in [-0.05, 0) is 18.2 Å². The Bertz CT molecular complexity index is 475. The van der Waals surface area contributed by atoms with Gasteiger partial charge in [-0.15, -0.1) is 0 Å². The van der Waals surface area contributed by atoms with Gasteiger partial charge in [0.2, 0.25) is 0 Å². The predicted molar refractivity (Wildman–Crippen MR) is 52.7 cm³/mol. The Morgan fingerprint density at radius 1 is 1.22 bits per heavy atom. The van der Waals surface area contributed by atoms with E-state index in [1.807, 2.05) is 0 Å². The summed E-state index contributed by atoms with van der Waals surface area (Å²) >= 11 is 5.39. The monoisotopic (exact) mass is 289 g/mol. The fourth-order valence-corrected chi connectivity index (χ4v) is 1.10. The van der Waals surface area contributed by atoms with Crippen LogP contribution in [-0.2, 0) is 4.79 Å². The molecule has 9 heteroatoms. The van der Waals surface area contributed by atoms with Crippen molar-refractivity contribution in [2.24, 2.45) is 0 Å².